The van der Waals surface area contributed by atoms with E-state index in [4.69, 9.17) is 4.74 Å². The number of fused-ring (bicyclic) bond motifs is 8. The standard InChI is InChI=1S/C26H24F3N5O3/c1-15-16-6-5-7-18(20(16)27)26(28,29)14-37-11-4-3-10-34-22-17(21(31-15)32-24(34)36)12-19(23(35)33(22)2)25(13-30)8-9-25/h3-7,12,15H,8-11,14H2,1-2H3,(H,31,32,36)/b4-3-/t15-/m1/s1. The number of nitriles is 1. The zero-order valence-corrected chi connectivity index (χ0v) is 20.2. The molecule has 37 heavy (non-hydrogen) atoms. The van der Waals surface area contributed by atoms with Gasteiger partial charge in [-0.3, -0.25) is 13.9 Å². The average Bonchev–Trinajstić information content (AvgIpc) is 3.65. The Labute approximate surface area is 209 Å². The maximum atomic E-state index is 15.3. The first-order valence-electron chi connectivity index (χ1n) is 11.8. The van der Waals surface area contributed by atoms with Crippen molar-refractivity contribution in [1.29, 1.82) is 5.26 Å². The lowest BCUT2D eigenvalue weighted by molar-refractivity contribution is -0.0795. The van der Waals surface area contributed by atoms with E-state index in [2.05, 4.69) is 16.4 Å². The molecule has 0 unspecified atom stereocenters. The average molecular weight is 512 g/mol. The number of nitrogens with one attached hydrogen (secondary N) is 1. The van der Waals surface area contributed by atoms with E-state index >= 15 is 4.39 Å². The highest BCUT2D eigenvalue weighted by Gasteiger charge is 2.47. The summed E-state index contributed by atoms with van der Waals surface area (Å²) in [5.41, 5.74) is -2.26. The monoisotopic (exact) mass is 511 g/mol. The van der Waals surface area contributed by atoms with Crippen LogP contribution >= 0.6 is 0 Å². The third-order valence-corrected chi connectivity index (χ3v) is 7.01. The fourth-order valence-electron chi connectivity index (χ4n) is 4.75. The van der Waals surface area contributed by atoms with Gasteiger partial charge < -0.3 is 10.1 Å². The second kappa shape index (κ2) is 8.88. The van der Waals surface area contributed by atoms with Crippen molar-refractivity contribution in [3.05, 3.63) is 79.8 Å². The third kappa shape index (κ3) is 4.11. The Hall–Kier alpha value is -3.91. The van der Waals surface area contributed by atoms with Gasteiger partial charge in [-0.15, -0.1) is 0 Å². The van der Waals surface area contributed by atoms with E-state index in [0.717, 1.165) is 6.07 Å². The van der Waals surface area contributed by atoms with Gasteiger partial charge in [0, 0.05) is 24.7 Å². The topological polar surface area (TPSA) is 102 Å². The van der Waals surface area contributed by atoms with E-state index in [1.165, 1.54) is 34.4 Å². The molecule has 8 nitrogen and oxygen atoms in total. The summed E-state index contributed by atoms with van der Waals surface area (Å²) in [5, 5.41) is 13.1. The molecule has 1 aliphatic carbocycles. The molecule has 0 spiro atoms. The SMILES string of the molecule is C[C@H]1Nc2nc(=O)n(c3c2cc(C2(C#N)CC2)c(=O)n3C)C/C=C\COCC(F)(F)c2cccc1c2F. The number of alkyl halides is 2. The van der Waals surface area contributed by atoms with Gasteiger partial charge >= 0.3 is 5.69 Å². The maximum Gasteiger partial charge on any atom is 0.351 e. The Morgan fingerprint density at radius 3 is 2.68 bits per heavy atom. The maximum absolute atomic E-state index is 15.3. The number of nitrogens with zero attached hydrogens (tertiary/aromatic N) is 4. The third-order valence-electron chi connectivity index (χ3n) is 7.01. The van der Waals surface area contributed by atoms with Gasteiger partial charge in [0.05, 0.1) is 35.1 Å². The number of anilines is 1. The van der Waals surface area contributed by atoms with E-state index in [1.54, 1.807) is 19.1 Å². The number of benzene rings is 1. The number of aromatic nitrogens is 3. The van der Waals surface area contributed by atoms with E-state index in [0.29, 0.717) is 23.8 Å². The number of hydrogen-bond donors (Lipinski definition) is 1. The highest BCUT2D eigenvalue weighted by molar-refractivity contribution is 5.88. The van der Waals surface area contributed by atoms with Gasteiger partial charge in [0.25, 0.3) is 11.5 Å². The second-order valence-electron chi connectivity index (χ2n) is 9.47. The van der Waals surface area contributed by atoms with Crippen molar-refractivity contribution in [2.45, 2.75) is 43.7 Å². The minimum atomic E-state index is -3.56. The normalized spacial score (nSPS) is 21.2. The molecule has 3 heterocycles. The molecule has 5 rings (SSSR count). The van der Waals surface area contributed by atoms with Gasteiger partial charge in [0.1, 0.15) is 23.9 Å². The van der Waals surface area contributed by atoms with Gasteiger partial charge in [-0.25, -0.2) is 9.18 Å². The van der Waals surface area contributed by atoms with Crippen LogP contribution in [0.4, 0.5) is 19.0 Å². The second-order valence-corrected chi connectivity index (χ2v) is 9.47. The Morgan fingerprint density at radius 2 is 1.97 bits per heavy atom. The summed E-state index contributed by atoms with van der Waals surface area (Å²) in [6, 6.07) is 6.63. The van der Waals surface area contributed by atoms with E-state index in [9.17, 15) is 23.6 Å². The molecule has 1 aromatic carbocycles. The largest absolute Gasteiger partial charge is 0.371 e. The van der Waals surface area contributed by atoms with Gasteiger partial charge in [-0.05, 0) is 31.9 Å². The van der Waals surface area contributed by atoms with E-state index in [-0.39, 0.29) is 30.2 Å². The molecule has 1 aliphatic heterocycles. The summed E-state index contributed by atoms with van der Waals surface area (Å²) < 4.78 is 52.5. The molecule has 0 saturated heterocycles. The number of aryl methyl sites for hydroxylation is 1. The summed E-state index contributed by atoms with van der Waals surface area (Å²) >= 11 is 0. The predicted molar refractivity (Wildman–Crippen MR) is 130 cm³/mol. The van der Waals surface area contributed by atoms with Crippen molar-refractivity contribution in [1.82, 2.24) is 14.1 Å². The minimum absolute atomic E-state index is 0.00160. The summed E-state index contributed by atoms with van der Waals surface area (Å²) in [6.45, 7) is 0.348. The number of pyridine rings is 1. The highest BCUT2D eigenvalue weighted by Crippen LogP contribution is 2.47. The highest BCUT2D eigenvalue weighted by atomic mass is 19.3. The molecule has 4 bridgehead atoms. The quantitative estimate of drug-likeness (QED) is 0.501. The smallest absolute Gasteiger partial charge is 0.351 e. The van der Waals surface area contributed by atoms with E-state index < -0.39 is 46.6 Å². The molecule has 0 radical (unpaired) electrons. The Bertz CT molecular complexity index is 1600. The molecule has 2 aliphatic rings. The van der Waals surface area contributed by atoms with Crippen LogP contribution in [0.25, 0.3) is 11.0 Å². The molecule has 3 aromatic rings. The lowest BCUT2D eigenvalue weighted by Gasteiger charge is -2.23. The Kier molecular flexibility index (Phi) is 5.95. The first-order valence-corrected chi connectivity index (χ1v) is 11.8. The van der Waals surface area contributed by atoms with Crippen LogP contribution in [0.5, 0.6) is 0 Å². The number of rotatable bonds is 1. The van der Waals surface area contributed by atoms with Crippen LogP contribution in [-0.4, -0.2) is 27.3 Å². The fraction of sp³-hybridized carbons (Fsp3) is 0.385. The van der Waals surface area contributed by atoms with Crippen molar-refractivity contribution in [3.63, 3.8) is 0 Å². The number of halogens is 3. The van der Waals surface area contributed by atoms with Crippen molar-refractivity contribution in [2.24, 2.45) is 7.05 Å². The van der Waals surface area contributed by atoms with Crippen LogP contribution in [0, 0.1) is 17.1 Å². The molecule has 11 heteroatoms. The molecule has 1 N–H and O–H groups in total. The number of allylic oxidation sites excluding steroid dienone is 1. The lowest BCUT2D eigenvalue weighted by atomic mass is 9.97. The van der Waals surface area contributed by atoms with Crippen LogP contribution < -0.4 is 16.6 Å². The van der Waals surface area contributed by atoms with Crippen molar-refractivity contribution < 1.29 is 17.9 Å². The molecule has 0 amide bonds. The zero-order chi connectivity index (χ0) is 26.5. The van der Waals surface area contributed by atoms with Gasteiger partial charge in [0.2, 0.25) is 0 Å². The van der Waals surface area contributed by atoms with Crippen LogP contribution in [0.1, 0.15) is 42.5 Å². The predicted octanol–water partition coefficient (Wildman–Crippen LogP) is 3.64. The molecule has 2 aromatic heterocycles. The molecule has 1 fully saturated rings. The van der Waals surface area contributed by atoms with Crippen LogP contribution in [-0.2, 0) is 29.7 Å². The van der Waals surface area contributed by atoms with Crippen molar-refractivity contribution in [3.8, 4) is 6.07 Å². The summed E-state index contributed by atoms with van der Waals surface area (Å²) in [4.78, 5) is 30.5. The minimum Gasteiger partial charge on any atom is -0.371 e. The lowest BCUT2D eigenvalue weighted by Crippen LogP contribution is -2.33. The first-order chi connectivity index (χ1) is 17.6. The molecule has 1 atom stereocenters. The van der Waals surface area contributed by atoms with Gasteiger partial charge in [-0.1, -0.05) is 24.3 Å². The van der Waals surface area contributed by atoms with Crippen molar-refractivity contribution >= 4 is 16.9 Å². The fourth-order valence-corrected chi connectivity index (χ4v) is 4.75. The number of ether oxygens (including phenoxy) is 1. The molecule has 192 valence electrons. The molecule has 1 saturated carbocycles. The summed E-state index contributed by atoms with van der Waals surface area (Å²) in [6.07, 6.45) is 4.07. The van der Waals surface area contributed by atoms with Gasteiger partial charge in [-0.2, -0.15) is 19.0 Å². The Morgan fingerprint density at radius 1 is 1.22 bits per heavy atom. The van der Waals surface area contributed by atoms with Crippen LogP contribution in [0.2, 0.25) is 0 Å². The molecular weight excluding hydrogens is 487 g/mol. The zero-order valence-electron chi connectivity index (χ0n) is 20.2. The van der Waals surface area contributed by atoms with Crippen LogP contribution in [0.3, 0.4) is 0 Å². The number of hydrogen-bond acceptors (Lipinski definition) is 6. The van der Waals surface area contributed by atoms with Crippen LogP contribution in [0.15, 0.2) is 46.0 Å². The first kappa shape index (κ1) is 24.8. The Balaban J connectivity index is 1.76. The van der Waals surface area contributed by atoms with Crippen molar-refractivity contribution in [2.75, 3.05) is 18.5 Å². The molecular formula is C26H24F3N5O3. The summed E-state index contributed by atoms with van der Waals surface area (Å²) in [7, 11) is 1.52. The van der Waals surface area contributed by atoms with E-state index in [1.807, 2.05) is 0 Å². The summed E-state index contributed by atoms with van der Waals surface area (Å²) in [5.74, 6) is -4.59. The van der Waals surface area contributed by atoms with Gasteiger partial charge in [0.15, 0.2) is 0 Å².